The van der Waals surface area contributed by atoms with Crippen molar-refractivity contribution in [3.05, 3.63) is 71.4 Å². The fourth-order valence-electron chi connectivity index (χ4n) is 2.57. The molecule has 0 amide bonds. The standard InChI is InChI=1S/C16H15ClO/c17-15-7-3-5-11-8-9-16(18)13-6-2-1-4-12(13)10-14(11)15/h1-6,8-10,13,15-16,18H,7H2. The molecule has 3 aliphatic carbocycles. The number of aliphatic hydroxyl groups is 1. The second kappa shape index (κ2) is 4.75. The summed E-state index contributed by atoms with van der Waals surface area (Å²) in [4.78, 5) is 0. The predicted molar refractivity (Wildman–Crippen MR) is 75.4 cm³/mol. The van der Waals surface area contributed by atoms with Crippen molar-refractivity contribution >= 4 is 11.6 Å². The van der Waals surface area contributed by atoms with Crippen LogP contribution in [0.25, 0.3) is 0 Å². The Morgan fingerprint density at radius 1 is 1.11 bits per heavy atom. The van der Waals surface area contributed by atoms with Crippen molar-refractivity contribution in [1.29, 1.82) is 0 Å². The molecule has 0 aliphatic heterocycles. The monoisotopic (exact) mass is 258 g/mol. The molecule has 0 heterocycles. The summed E-state index contributed by atoms with van der Waals surface area (Å²) < 4.78 is 0. The van der Waals surface area contributed by atoms with E-state index in [0.717, 1.165) is 23.1 Å². The van der Waals surface area contributed by atoms with E-state index in [-0.39, 0.29) is 11.3 Å². The average Bonchev–Trinajstić information content (AvgIpc) is 2.38. The summed E-state index contributed by atoms with van der Waals surface area (Å²) in [6, 6.07) is 0. The van der Waals surface area contributed by atoms with E-state index in [4.69, 9.17) is 11.6 Å². The molecule has 0 aromatic heterocycles. The molecule has 0 saturated carbocycles. The van der Waals surface area contributed by atoms with Crippen LogP contribution in [0.1, 0.15) is 6.42 Å². The summed E-state index contributed by atoms with van der Waals surface area (Å²) in [7, 11) is 0. The Labute approximate surface area is 112 Å². The van der Waals surface area contributed by atoms with Crippen molar-refractivity contribution in [1.82, 2.24) is 0 Å². The minimum Gasteiger partial charge on any atom is -0.388 e. The maximum Gasteiger partial charge on any atom is 0.0827 e. The summed E-state index contributed by atoms with van der Waals surface area (Å²) in [5.41, 5.74) is 3.39. The number of hydrogen-bond donors (Lipinski definition) is 1. The molecule has 1 N–H and O–H groups in total. The van der Waals surface area contributed by atoms with E-state index in [1.54, 1.807) is 0 Å². The van der Waals surface area contributed by atoms with Gasteiger partial charge in [-0.1, -0.05) is 54.7 Å². The molecular weight excluding hydrogens is 244 g/mol. The molecule has 0 saturated heterocycles. The SMILES string of the molecule is OC1C=CC2=C(C=C3C=CC=CC31)C(Cl)CC=C2. The maximum atomic E-state index is 10.2. The highest BCUT2D eigenvalue weighted by molar-refractivity contribution is 6.23. The molecule has 1 nitrogen and oxygen atoms in total. The van der Waals surface area contributed by atoms with Crippen LogP contribution < -0.4 is 0 Å². The molecule has 3 aliphatic rings. The number of rotatable bonds is 0. The number of hydrogen-bond acceptors (Lipinski definition) is 1. The van der Waals surface area contributed by atoms with Crippen LogP contribution in [0.4, 0.5) is 0 Å². The van der Waals surface area contributed by atoms with E-state index < -0.39 is 6.10 Å². The Bertz CT molecular complexity index is 531. The lowest BCUT2D eigenvalue weighted by molar-refractivity contribution is 0.193. The molecule has 0 radical (unpaired) electrons. The molecule has 3 rings (SSSR count). The first kappa shape index (κ1) is 11.8. The van der Waals surface area contributed by atoms with Gasteiger partial charge in [0.15, 0.2) is 0 Å². The van der Waals surface area contributed by atoms with Crippen molar-refractivity contribution < 1.29 is 5.11 Å². The highest BCUT2D eigenvalue weighted by atomic mass is 35.5. The fourth-order valence-corrected chi connectivity index (χ4v) is 2.87. The topological polar surface area (TPSA) is 20.2 Å². The molecule has 0 fully saturated rings. The van der Waals surface area contributed by atoms with Gasteiger partial charge in [-0.25, -0.2) is 0 Å². The summed E-state index contributed by atoms with van der Waals surface area (Å²) in [6.07, 6.45) is 18.6. The molecule has 18 heavy (non-hydrogen) atoms. The van der Waals surface area contributed by atoms with Gasteiger partial charge in [-0.3, -0.25) is 0 Å². The zero-order valence-electron chi connectivity index (χ0n) is 9.96. The van der Waals surface area contributed by atoms with Crippen LogP contribution >= 0.6 is 11.6 Å². The molecule has 92 valence electrons. The smallest absolute Gasteiger partial charge is 0.0827 e. The van der Waals surface area contributed by atoms with Crippen molar-refractivity contribution in [2.45, 2.75) is 17.9 Å². The van der Waals surface area contributed by atoms with Crippen LogP contribution in [0.15, 0.2) is 71.4 Å². The number of halogens is 1. The third-order valence-corrected chi connectivity index (χ3v) is 3.99. The highest BCUT2D eigenvalue weighted by Crippen LogP contribution is 2.33. The van der Waals surface area contributed by atoms with Crippen molar-refractivity contribution in [2.75, 3.05) is 0 Å². The van der Waals surface area contributed by atoms with E-state index in [9.17, 15) is 5.11 Å². The molecule has 2 heteroatoms. The molecule has 0 spiro atoms. The first-order valence-corrected chi connectivity index (χ1v) is 6.67. The molecule has 3 unspecified atom stereocenters. The molecule has 0 aromatic carbocycles. The highest BCUT2D eigenvalue weighted by Gasteiger charge is 2.23. The lowest BCUT2D eigenvalue weighted by atomic mass is 9.83. The minimum atomic E-state index is -0.476. The zero-order valence-corrected chi connectivity index (χ0v) is 10.7. The van der Waals surface area contributed by atoms with E-state index in [1.165, 1.54) is 0 Å². The zero-order chi connectivity index (χ0) is 12.5. The van der Waals surface area contributed by atoms with Crippen LogP contribution in [0.2, 0.25) is 0 Å². The third kappa shape index (κ3) is 2.05. The summed E-state index contributed by atoms with van der Waals surface area (Å²) >= 11 is 6.39. The Morgan fingerprint density at radius 2 is 2.00 bits per heavy atom. The first-order chi connectivity index (χ1) is 8.75. The lowest BCUT2D eigenvalue weighted by Crippen LogP contribution is -2.21. The minimum absolute atomic E-state index is 0.0253. The summed E-state index contributed by atoms with van der Waals surface area (Å²) in [5, 5.41) is 10.2. The van der Waals surface area contributed by atoms with Crippen molar-refractivity contribution in [2.24, 2.45) is 5.92 Å². The number of fused-ring (bicyclic) bond motifs is 1. The van der Waals surface area contributed by atoms with Crippen LogP contribution in [-0.2, 0) is 0 Å². The van der Waals surface area contributed by atoms with Gasteiger partial charge in [0.1, 0.15) is 0 Å². The molecular formula is C16H15ClO. The second-order valence-electron chi connectivity index (χ2n) is 4.78. The van der Waals surface area contributed by atoms with Crippen LogP contribution in [0.5, 0.6) is 0 Å². The first-order valence-electron chi connectivity index (χ1n) is 6.23. The van der Waals surface area contributed by atoms with Gasteiger partial charge in [0.2, 0.25) is 0 Å². The van der Waals surface area contributed by atoms with Gasteiger partial charge in [0, 0.05) is 5.92 Å². The Kier molecular flexibility index (Phi) is 3.11. The van der Waals surface area contributed by atoms with Crippen LogP contribution in [-0.4, -0.2) is 16.6 Å². The van der Waals surface area contributed by atoms with Gasteiger partial charge in [-0.05, 0) is 23.1 Å². The third-order valence-electron chi connectivity index (χ3n) is 3.58. The van der Waals surface area contributed by atoms with E-state index in [1.807, 2.05) is 30.4 Å². The van der Waals surface area contributed by atoms with Gasteiger partial charge in [-0.2, -0.15) is 0 Å². The van der Waals surface area contributed by atoms with Gasteiger partial charge in [-0.15, -0.1) is 11.6 Å². The molecule has 0 bridgehead atoms. The van der Waals surface area contributed by atoms with E-state index >= 15 is 0 Å². The summed E-state index contributed by atoms with van der Waals surface area (Å²) in [5.74, 6) is 0.0371. The van der Waals surface area contributed by atoms with E-state index in [0.29, 0.717) is 0 Å². The maximum absolute atomic E-state index is 10.2. The number of aliphatic hydroxyl groups excluding tert-OH is 1. The fraction of sp³-hybridized carbons (Fsp3) is 0.250. The van der Waals surface area contributed by atoms with Crippen LogP contribution in [0, 0.1) is 5.92 Å². The quantitative estimate of drug-likeness (QED) is 0.660. The van der Waals surface area contributed by atoms with Crippen molar-refractivity contribution in [3.8, 4) is 0 Å². The predicted octanol–water partition coefficient (Wildman–Crippen LogP) is 3.45. The molecule has 3 atom stereocenters. The number of alkyl halides is 1. The van der Waals surface area contributed by atoms with Gasteiger partial charge >= 0.3 is 0 Å². The summed E-state index contributed by atoms with van der Waals surface area (Å²) in [6.45, 7) is 0. The van der Waals surface area contributed by atoms with Gasteiger partial charge < -0.3 is 5.11 Å². The Balaban J connectivity index is 2.12. The van der Waals surface area contributed by atoms with E-state index in [2.05, 4.69) is 24.3 Å². The van der Waals surface area contributed by atoms with Gasteiger partial charge in [0.05, 0.1) is 11.5 Å². The average molecular weight is 259 g/mol. The second-order valence-corrected chi connectivity index (χ2v) is 5.31. The normalized spacial score (nSPS) is 33.7. The molecule has 0 aromatic rings. The van der Waals surface area contributed by atoms with Gasteiger partial charge in [0.25, 0.3) is 0 Å². The van der Waals surface area contributed by atoms with Crippen LogP contribution in [0.3, 0.4) is 0 Å². The Hall–Kier alpha value is -1.31. The lowest BCUT2D eigenvalue weighted by Gasteiger charge is -2.25. The Morgan fingerprint density at radius 3 is 2.89 bits per heavy atom. The van der Waals surface area contributed by atoms with Crippen molar-refractivity contribution in [3.63, 3.8) is 0 Å². The largest absolute Gasteiger partial charge is 0.388 e. The number of allylic oxidation sites excluding steroid dienone is 9.